The molecule has 1 N–H and O–H groups in total. The van der Waals surface area contributed by atoms with Crippen LogP contribution in [0.2, 0.25) is 0 Å². The van der Waals surface area contributed by atoms with Crippen LogP contribution in [0.25, 0.3) is 11.3 Å². The van der Waals surface area contributed by atoms with Crippen LogP contribution in [0.15, 0.2) is 73.7 Å². The molecule has 2 aromatic heterocycles. The van der Waals surface area contributed by atoms with Crippen LogP contribution in [-0.2, 0) is 13.0 Å². The molecule has 1 saturated heterocycles. The Kier molecular flexibility index (Phi) is 5.49. The molecule has 0 aliphatic carbocycles. The number of phenols is 1. The Morgan fingerprint density at radius 3 is 2.79 bits per heavy atom. The van der Waals surface area contributed by atoms with E-state index in [4.69, 9.17) is 0 Å². The molecule has 1 fully saturated rings. The van der Waals surface area contributed by atoms with E-state index in [1.807, 2.05) is 30.5 Å². The maximum atomic E-state index is 9.97. The fourth-order valence-corrected chi connectivity index (χ4v) is 3.94. The van der Waals surface area contributed by atoms with E-state index in [0.717, 1.165) is 42.9 Å². The summed E-state index contributed by atoms with van der Waals surface area (Å²) in [6.07, 6.45) is 9.19. The standard InChI is InChI=1S/C24H25N3O/c1-2-3-21-14-18(4-5-24(21)28)16-27-13-9-22(17-27)20-8-12-26-23(15-20)19-6-10-25-11-7-19/h2,4-8,10-12,14-15,22,28H,1,3,9,13,16-17H2/t22-/m1/s1. The number of likely N-dealkylation sites (tertiary alicyclic amines) is 1. The molecular weight excluding hydrogens is 346 g/mol. The minimum absolute atomic E-state index is 0.350. The highest BCUT2D eigenvalue weighted by atomic mass is 16.3. The molecule has 0 unspecified atom stereocenters. The molecule has 0 saturated carbocycles. The third-order valence-electron chi connectivity index (χ3n) is 5.42. The van der Waals surface area contributed by atoms with Gasteiger partial charge in [-0.2, -0.15) is 0 Å². The van der Waals surface area contributed by atoms with E-state index in [1.54, 1.807) is 18.5 Å². The summed E-state index contributed by atoms with van der Waals surface area (Å²) in [5.74, 6) is 0.872. The number of allylic oxidation sites excluding steroid dienone is 1. The summed E-state index contributed by atoms with van der Waals surface area (Å²) >= 11 is 0. The number of benzene rings is 1. The van der Waals surface area contributed by atoms with Crippen LogP contribution < -0.4 is 0 Å². The van der Waals surface area contributed by atoms with Crippen LogP contribution in [0, 0.1) is 0 Å². The Labute approximate surface area is 166 Å². The molecule has 142 valence electrons. The molecule has 4 rings (SSSR count). The van der Waals surface area contributed by atoms with Gasteiger partial charge in [-0.1, -0.05) is 18.2 Å². The van der Waals surface area contributed by atoms with Crippen molar-refractivity contribution >= 4 is 0 Å². The van der Waals surface area contributed by atoms with Gasteiger partial charge in [0.05, 0.1) is 5.69 Å². The first-order valence-electron chi connectivity index (χ1n) is 9.73. The van der Waals surface area contributed by atoms with Gasteiger partial charge in [0, 0.05) is 37.2 Å². The van der Waals surface area contributed by atoms with Crippen molar-refractivity contribution < 1.29 is 5.11 Å². The highest BCUT2D eigenvalue weighted by Crippen LogP contribution is 2.30. The van der Waals surface area contributed by atoms with Crippen molar-refractivity contribution in [2.24, 2.45) is 0 Å². The maximum Gasteiger partial charge on any atom is 0.119 e. The molecule has 0 amide bonds. The van der Waals surface area contributed by atoms with Gasteiger partial charge in [-0.15, -0.1) is 6.58 Å². The third-order valence-corrected chi connectivity index (χ3v) is 5.42. The number of hydrogen-bond donors (Lipinski definition) is 1. The number of pyridine rings is 2. The van der Waals surface area contributed by atoms with Crippen molar-refractivity contribution in [3.8, 4) is 17.0 Å². The van der Waals surface area contributed by atoms with Crippen LogP contribution in [-0.4, -0.2) is 33.1 Å². The van der Waals surface area contributed by atoms with Gasteiger partial charge < -0.3 is 5.11 Å². The summed E-state index contributed by atoms with van der Waals surface area (Å²) in [6.45, 7) is 6.80. The molecule has 3 heterocycles. The van der Waals surface area contributed by atoms with Crippen LogP contribution in [0.3, 0.4) is 0 Å². The largest absolute Gasteiger partial charge is 0.508 e. The molecule has 0 radical (unpaired) electrons. The van der Waals surface area contributed by atoms with E-state index >= 15 is 0 Å². The van der Waals surface area contributed by atoms with E-state index in [2.05, 4.69) is 39.6 Å². The topological polar surface area (TPSA) is 49.2 Å². The van der Waals surface area contributed by atoms with Gasteiger partial charge in [0.1, 0.15) is 5.75 Å². The Balaban J connectivity index is 1.45. The van der Waals surface area contributed by atoms with Crippen molar-refractivity contribution in [1.29, 1.82) is 0 Å². The number of phenolic OH excluding ortho intramolecular Hbond substituents is 1. The average molecular weight is 371 g/mol. The van der Waals surface area contributed by atoms with Crippen molar-refractivity contribution in [2.45, 2.75) is 25.3 Å². The van der Waals surface area contributed by atoms with Gasteiger partial charge in [-0.05, 0) is 72.3 Å². The van der Waals surface area contributed by atoms with Gasteiger partial charge >= 0.3 is 0 Å². The second-order valence-electron chi connectivity index (χ2n) is 7.39. The molecule has 1 aliphatic rings. The van der Waals surface area contributed by atoms with Gasteiger partial charge in [0.25, 0.3) is 0 Å². The van der Waals surface area contributed by atoms with Gasteiger partial charge in [0.15, 0.2) is 0 Å². The van der Waals surface area contributed by atoms with Crippen LogP contribution in [0.1, 0.15) is 29.0 Å². The SMILES string of the molecule is C=CCc1cc(CN2CC[C@@H](c3ccnc(-c4ccncc4)c3)C2)ccc1O. The number of aromatic nitrogens is 2. The monoisotopic (exact) mass is 371 g/mol. The van der Waals surface area contributed by atoms with Gasteiger partial charge in [-0.3, -0.25) is 14.9 Å². The lowest BCUT2D eigenvalue weighted by Gasteiger charge is -2.17. The second kappa shape index (κ2) is 8.36. The number of hydrogen-bond acceptors (Lipinski definition) is 4. The van der Waals surface area contributed by atoms with Crippen molar-refractivity contribution in [3.05, 3.63) is 90.4 Å². The molecule has 1 atom stereocenters. The summed E-state index contributed by atoms with van der Waals surface area (Å²) in [5.41, 5.74) is 5.64. The minimum Gasteiger partial charge on any atom is -0.508 e. The van der Waals surface area contributed by atoms with Gasteiger partial charge in [-0.25, -0.2) is 0 Å². The smallest absolute Gasteiger partial charge is 0.119 e. The highest BCUT2D eigenvalue weighted by molar-refractivity contribution is 5.59. The van der Waals surface area contributed by atoms with Crippen LogP contribution >= 0.6 is 0 Å². The molecule has 0 bridgehead atoms. The Morgan fingerprint density at radius 1 is 1.11 bits per heavy atom. The molecular formula is C24H25N3O. The lowest BCUT2D eigenvalue weighted by molar-refractivity contribution is 0.326. The molecule has 4 nitrogen and oxygen atoms in total. The van der Waals surface area contributed by atoms with Crippen molar-refractivity contribution in [1.82, 2.24) is 14.9 Å². The maximum absolute atomic E-state index is 9.97. The molecule has 4 heteroatoms. The number of nitrogens with zero attached hydrogens (tertiary/aromatic N) is 3. The average Bonchev–Trinajstić information content (AvgIpc) is 3.20. The lowest BCUT2D eigenvalue weighted by Crippen LogP contribution is -2.19. The van der Waals surface area contributed by atoms with E-state index in [1.165, 1.54) is 11.1 Å². The Bertz CT molecular complexity index is 955. The third kappa shape index (κ3) is 4.12. The van der Waals surface area contributed by atoms with Gasteiger partial charge in [0.2, 0.25) is 0 Å². The number of rotatable bonds is 6. The summed E-state index contributed by atoms with van der Waals surface area (Å²) in [6, 6.07) is 14.3. The summed E-state index contributed by atoms with van der Waals surface area (Å²) in [5, 5.41) is 9.97. The fraction of sp³-hybridized carbons (Fsp3) is 0.250. The van der Waals surface area contributed by atoms with E-state index in [9.17, 15) is 5.11 Å². The van der Waals surface area contributed by atoms with Crippen LogP contribution in [0.5, 0.6) is 5.75 Å². The molecule has 3 aromatic rings. The zero-order valence-corrected chi connectivity index (χ0v) is 16.0. The fourth-order valence-electron chi connectivity index (χ4n) is 3.94. The first kappa shape index (κ1) is 18.4. The predicted molar refractivity (Wildman–Crippen MR) is 112 cm³/mol. The minimum atomic E-state index is 0.350. The summed E-state index contributed by atoms with van der Waals surface area (Å²) in [7, 11) is 0. The van der Waals surface area contributed by atoms with E-state index in [0.29, 0.717) is 18.1 Å². The predicted octanol–water partition coefficient (Wildman–Crippen LogP) is 4.57. The molecule has 1 aromatic carbocycles. The summed E-state index contributed by atoms with van der Waals surface area (Å²) < 4.78 is 0. The van der Waals surface area contributed by atoms with Crippen molar-refractivity contribution in [3.63, 3.8) is 0 Å². The number of aromatic hydroxyl groups is 1. The molecule has 28 heavy (non-hydrogen) atoms. The normalized spacial score (nSPS) is 16.9. The van der Waals surface area contributed by atoms with E-state index in [-0.39, 0.29) is 0 Å². The zero-order valence-electron chi connectivity index (χ0n) is 16.0. The molecule has 1 aliphatic heterocycles. The van der Waals surface area contributed by atoms with E-state index < -0.39 is 0 Å². The second-order valence-corrected chi connectivity index (χ2v) is 7.39. The lowest BCUT2D eigenvalue weighted by atomic mass is 9.97. The zero-order chi connectivity index (χ0) is 19.3. The van der Waals surface area contributed by atoms with Crippen molar-refractivity contribution in [2.75, 3.05) is 13.1 Å². The molecule has 0 spiro atoms. The Hall–Kier alpha value is -2.98. The summed E-state index contributed by atoms with van der Waals surface area (Å²) in [4.78, 5) is 11.1. The quantitative estimate of drug-likeness (QED) is 0.645. The Morgan fingerprint density at radius 2 is 1.96 bits per heavy atom. The first-order valence-corrected chi connectivity index (χ1v) is 9.73. The highest BCUT2D eigenvalue weighted by Gasteiger charge is 2.24. The first-order chi connectivity index (χ1) is 13.7. The van der Waals surface area contributed by atoms with Crippen LogP contribution in [0.4, 0.5) is 0 Å².